The van der Waals surface area contributed by atoms with E-state index >= 15 is 0 Å². The number of fused-ring (bicyclic) bond motifs is 2. The van der Waals surface area contributed by atoms with E-state index in [0.717, 1.165) is 44.8 Å². The number of nitrogens with zero attached hydrogens (tertiary/aromatic N) is 4. The molecule has 40 heavy (non-hydrogen) atoms. The fourth-order valence-electron chi connectivity index (χ4n) is 4.91. The summed E-state index contributed by atoms with van der Waals surface area (Å²) >= 11 is 7.95. The summed E-state index contributed by atoms with van der Waals surface area (Å²) in [6.45, 7) is 11.5. The lowest BCUT2D eigenvalue weighted by atomic mass is 10.0. The number of pyridine rings is 1. The number of aromatic nitrogens is 3. The smallest absolute Gasteiger partial charge is 0.258 e. The molecular weight excluding hydrogens is 542 g/mol. The van der Waals surface area contributed by atoms with Crippen LogP contribution in [0.4, 0.5) is 23.0 Å². The number of carbonyl (C=O) groups is 1. The SMILES string of the molecule is Cc1ccc2c(Nc3ccc(Cl)c(CN(C(C)C)C(C)C)c3)nccc2c1NC(=O)c1csc2c(N)ncnc12. The highest BCUT2D eigenvalue weighted by molar-refractivity contribution is 7.18. The van der Waals surface area contributed by atoms with Crippen molar-refractivity contribution in [2.45, 2.75) is 53.2 Å². The molecule has 1 amide bonds. The topological polar surface area (TPSA) is 109 Å². The van der Waals surface area contributed by atoms with E-state index in [1.54, 1.807) is 11.6 Å². The van der Waals surface area contributed by atoms with E-state index in [-0.39, 0.29) is 5.91 Å². The van der Waals surface area contributed by atoms with Crippen molar-refractivity contribution >= 4 is 72.8 Å². The van der Waals surface area contributed by atoms with Gasteiger partial charge in [0.25, 0.3) is 5.91 Å². The Bertz CT molecular complexity index is 1710. The molecule has 0 aliphatic carbocycles. The molecule has 4 N–H and O–H groups in total. The number of thiophene rings is 1. The van der Waals surface area contributed by atoms with Gasteiger partial charge in [-0.05, 0) is 70.0 Å². The summed E-state index contributed by atoms with van der Waals surface area (Å²) in [5.74, 6) is 0.796. The summed E-state index contributed by atoms with van der Waals surface area (Å²) in [6.07, 6.45) is 3.11. The lowest BCUT2D eigenvalue weighted by Gasteiger charge is -2.31. The third-order valence-corrected chi connectivity index (χ3v) is 8.37. The Morgan fingerprint density at radius 2 is 1.82 bits per heavy atom. The number of anilines is 4. The van der Waals surface area contributed by atoms with Gasteiger partial charge in [0.15, 0.2) is 0 Å². The van der Waals surface area contributed by atoms with Crippen LogP contribution in [-0.2, 0) is 6.54 Å². The molecule has 0 bridgehead atoms. The average molecular weight is 574 g/mol. The molecule has 5 rings (SSSR count). The van der Waals surface area contributed by atoms with Crippen LogP contribution < -0.4 is 16.4 Å². The van der Waals surface area contributed by atoms with Crippen molar-refractivity contribution in [1.82, 2.24) is 19.9 Å². The second-order valence-electron chi connectivity index (χ2n) is 10.3. The zero-order valence-corrected chi connectivity index (χ0v) is 24.7. The van der Waals surface area contributed by atoms with Crippen LogP contribution in [0.3, 0.4) is 0 Å². The van der Waals surface area contributed by atoms with Gasteiger partial charge in [-0.2, -0.15) is 0 Å². The molecule has 206 valence electrons. The van der Waals surface area contributed by atoms with E-state index < -0.39 is 0 Å². The summed E-state index contributed by atoms with van der Waals surface area (Å²) in [6, 6.07) is 12.6. The van der Waals surface area contributed by atoms with E-state index in [2.05, 4.69) is 64.2 Å². The number of halogens is 1. The summed E-state index contributed by atoms with van der Waals surface area (Å²) in [4.78, 5) is 28.7. The molecule has 3 aromatic heterocycles. The largest absolute Gasteiger partial charge is 0.382 e. The van der Waals surface area contributed by atoms with Crippen molar-refractivity contribution in [2.75, 3.05) is 16.4 Å². The van der Waals surface area contributed by atoms with Gasteiger partial charge in [0.05, 0.1) is 21.5 Å². The monoisotopic (exact) mass is 573 g/mol. The number of nitrogens with one attached hydrogen (secondary N) is 2. The van der Waals surface area contributed by atoms with Crippen LogP contribution in [0.25, 0.3) is 21.0 Å². The average Bonchev–Trinajstić information content (AvgIpc) is 3.36. The first-order chi connectivity index (χ1) is 19.1. The van der Waals surface area contributed by atoms with Gasteiger partial charge < -0.3 is 16.4 Å². The number of hydrogen-bond acceptors (Lipinski definition) is 8. The Morgan fingerprint density at radius 1 is 1.05 bits per heavy atom. The molecule has 0 spiro atoms. The minimum Gasteiger partial charge on any atom is -0.382 e. The third-order valence-electron chi connectivity index (χ3n) is 7.01. The first-order valence-electron chi connectivity index (χ1n) is 13.1. The maximum atomic E-state index is 13.4. The fourth-order valence-corrected chi connectivity index (χ4v) is 5.99. The summed E-state index contributed by atoms with van der Waals surface area (Å²) < 4.78 is 0.699. The number of nitrogen functional groups attached to an aromatic ring is 1. The number of amides is 1. The molecule has 0 saturated heterocycles. The molecule has 10 heteroatoms. The number of rotatable bonds is 8. The second kappa shape index (κ2) is 11.4. The van der Waals surface area contributed by atoms with Gasteiger partial charge in [-0.15, -0.1) is 11.3 Å². The third kappa shape index (κ3) is 5.45. The van der Waals surface area contributed by atoms with E-state index in [4.69, 9.17) is 17.3 Å². The van der Waals surface area contributed by atoms with Crippen molar-refractivity contribution in [2.24, 2.45) is 0 Å². The zero-order valence-electron chi connectivity index (χ0n) is 23.1. The van der Waals surface area contributed by atoms with Crippen molar-refractivity contribution < 1.29 is 4.79 Å². The number of benzene rings is 2. The zero-order chi connectivity index (χ0) is 28.6. The van der Waals surface area contributed by atoms with Gasteiger partial charge in [-0.3, -0.25) is 9.69 Å². The highest BCUT2D eigenvalue weighted by atomic mass is 35.5. The van der Waals surface area contributed by atoms with Gasteiger partial charge in [0, 0.05) is 51.7 Å². The lowest BCUT2D eigenvalue weighted by molar-refractivity contribution is 0.102. The molecule has 5 aromatic rings. The molecule has 0 aliphatic rings. The van der Waals surface area contributed by atoms with Crippen LogP contribution in [0.5, 0.6) is 0 Å². The first-order valence-corrected chi connectivity index (χ1v) is 14.4. The summed E-state index contributed by atoms with van der Waals surface area (Å²) in [5, 5.41) is 10.8. The van der Waals surface area contributed by atoms with Crippen molar-refractivity contribution in [3.63, 3.8) is 0 Å². The van der Waals surface area contributed by atoms with Crippen molar-refractivity contribution in [3.8, 4) is 0 Å². The van der Waals surface area contributed by atoms with Gasteiger partial charge in [-0.25, -0.2) is 15.0 Å². The predicted molar refractivity (Wildman–Crippen MR) is 167 cm³/mol. The number of carbonyl (C=O) groups excluding carboxylic acids is 1. The molecule has 0 unspecified atom stereocenters. The van der Waals surface area contributed by atoms with E-state index in [0.29, 0.717) is 39.5 Å². The Balaban J connectivity index is 1.46. The molecule has 0 atom stereocenters. The molecule has 0 radical (unpaired) electrons. The molecule has 2 aromatic carbocycles. The van der Waals surface area contributed by atoms with Crippen LogP contribution in [0.1, 0.15) is 49.2 Å². The molecular formula is C30H32ClN7OS. The van der Waals surface area contributed by atoms with Crippen molar-refractivity contribution in [3.05, 3.63) is 76.0 Å². The highest BCUT2D eigenvalue weighted by Crippen LogP contribution is 2.34. The van der Waals surface area contributed by atoms with Crippen LogP contribution in [0.15, 0.2) is 54.3 Å². The number of nitrogens with two attached hydrogens (primary N) is 1. The molecule has 0 aliphatic heterocycles. The maximum Gasteiger partial charge on any atom is 0.258 e. The summed E-state index contributed by atoms with van der Waals surface area (Å²) in [5.41, 5.74) is 10.6. The molecule has 0 fully saturated rings. The number of aryl methyl sites for hydroxylation is 1. The predicted octanol–water partition coefficient (Wildman–Crippen LogP) is 7.40. The Hall–Kier alpha value is -3.79. The van der Waals surface area contributed by atoms with Gasteiger partial charge in [0.1, 0.15) is 18.0 Å². The van der Waals surface area contributed by atoms with Gasteiger partial charge in [-0.1, -0.05) is 23.7 Å². The Kier molecular flexibility index (Phi) is 7.89. The maximum absolute atomic E-state index is 13.4. The molecule has 0 saturated carbocycles. The second-order valence-corrected chi connectivity index (χ2v) is 11.6. The van der Waals surface area contributed by atoms with E-state index in [9.17, 15) is 4.79 Å². The lowest BCUT2D eigenvalue weighted by Crippen LogP contribution is -2.36. The highest BCUT2D eigenvalue weighted by Gasteiger charge is 2.19. The minimum atomic E-state index is -0.256. The van der Waals surface area contributed by atoms with E-state index in [1.807, 2.05) is 37.3 Å². The standard InChI is InChI=1S/C30H32ClN7OS/c1-16(2)38(17(3)4)13-19-12-20(7-9-24(19)31)36-29-22-8-6-18(5)25(21(22)10-11-33-29)37-30(39)23-14-40-27-26(23)34-15-35-28(27)32/h6-12,14-17H,13H2,1-5H3,(H,33,36)(H,37,39)(H2,32,34,35). The Morgan fingerprint density at radius 3 is 2.58 bits per heavy atom. The van der Waals surface area contributed by atoms with Gasteiger partial charge in [0.2, 0.25) is 0 Å². The first kappa shape index (κ1) is 27.8. The summed E-state index contributed by atoms with van der Waals surface area (Å²) in [7, 11) is 0. The number of hydrogen-bond donors (Lipinski definition) is 3. The fraction of sp³-hybridized carbons (Fsp3) is 0.267. The Labute approximate surface area is 242 Å². The van der Waals surface area contributed by atoms with Crippen LogP contribution in [0.2, 0.25) is 5.02 Å². The quantitative estimate of drug-likeness (QED) is 0.177. The molecule has 8 nitrogen and oxygen atoms in total. The van der Waals surface area contributed by atoms with Crippen molar-refractivity contribution in [1.29, 1.82) is 0 Å². The van der Waals surface area contributed by atoms with Crippen LogP contribution >= 0.6 is 22.9 Å². The van der Waals surface area contributed by atoms with E-state index in [1.165, 1.54) is 17.7 Å². The normalized spacial score (nSPS) is 11.7. The van der Waals surface area contributed by atoms with Crippen LogP contribution in [-0.4, -0.2) is 37.8 Å². The minimum absolute atomic E-state index is 0.256. The molecule has 3 heterocycles. The van der Waals surface area contributed by atoms with Gasteiger partial charge >= 0.3 is 0 Å². The van der Waals surface area contributed by atoms with Crippen LogP contribution in [0, 0.1) is 6.92 Å².